The zero-order valence-corrected chi connectivity index (χ0v) is 15.7. The Morgan fingerprint density at radius 1 is 1.21 bits per heavy atom. The molecule has 0 unspecified atom stereocenters. The largest absolute Gasteiger partial charge is 0.493 e. The lowest BCUT2D eigenvalue weighted by Gasteiger charge is -2.17. The number of alkyl halides is 3. The first-order valence-electron chi connectivity index (χ1n) is 8.73. The second-order valence-corrected chi connectivity index (χ2v) is 6.42. The van der Waals surface area contributed by atoms with Gasteiger partial charge in [-0.2, -0.15) is 13.2 Å². The first kappa shape index (κ1) is 20.7. The summed E-state index contributed by atoms with van der Waals surface area (Å²) in [6.07, 6.45) is -5.91. The van der Waals surface area contributed by atoms with Crippen LogP contribution in [0.25, 0.3) is 11.0 Å². The third kappa shape index (κ3) is 4.51. The maximum absolute atomic E-state index is 13.3. The molecule has 0 saturated carbocycles. The Balaban J connectivity index is 1.78. The van der Waals surface area contributed by atoms with Crippen LogP contribution in [-0.4, -0.2) is 40.3 Å². The number of benzene rings is 2. The third-order valence-electron chi connectivity index (χ3n) is 4.30. The SMILES string of the molecule is COc1cc(C(C)=O)ccc1OC[C@@H](O)Cn1c(C(F)(F)F)nc2ccccc21. The van der Waals surface area contributed by atoms with Crippen molar-refractivity contribution in [2.45, 2.75) is 25.7 Å². The maximum atomic E-state index is 13.3. The molecule has 0 saturated heterocycles. The molecule has 1 atom stereocenters. The molecule has 0 amide bonds. The van der Waals surface area contributed by atoms with Gasteiger partial charge >= 0.3 is 6.18 Å². The highest BCUT2D eigenvalue weighted by Gasteiger charge is 2.38. The Kier molecular flexibility index (Phi) is 5.78. The van der Waals surface area contributed by atoms with E-state index in [0.29, 0.717) is 5.56 Å². The number of para-hydroxylation sites is 2. The number of hydrogen-bond acceptors (Lipinski definition) is 5. The molecule has 0 aliphatic carbocycles. The third-order valence-corrected chi connectivity index (χ3v) is 4.30. The predicted octanol–water partition coefficient (Wildman–Crippen LogP) is 3.71. The second-order valence-electron chi connectivity index (χ2n) is 6.42. The molecule has 0 radical (unpaired) electrons. The topological polar surface area (TPSA) is 73.6 Å². The monoisotopic (exact) mass is 408 g/mol. The number of ketones is 1. The van der Waals surface area contributed by atoms with E-state index in [2.05, 4.69) is 4.98 Å². The predicted molar refractivity (Wildman–Crippen MR) is 99.2 cm³/mol. The van der Waals surface area contributed by atoms with Crippen LogP contribution in [0.15, 0.2) is 42.5 Å². The van der Waals surface area contributed by atoms with Crippen molar-refractivity contribution in [3.05, 3.63) is 53.9 Å². The average molecular weight is 408 g/mol. The van der Waals surface area contributed by atoms with Crippen LogP contribution >= 0.6 is 0 Å². The number of carbonyl (C=O) groups excluding carboxylic acids is 1. The molecule has 1 heterocycles. The number of aromatic nitrogens is 2. The van der Waals surface area contributed by atoms with E-state index in [4.69, 9.17) is 9.47 Å². The lowest BCUT2D eigenvalue weighted by atomic mass is 10.1. The zero-order chi connectivity index (χ0) is 21.2. The number of aliphatic hydroxyl groups is 1. The van der Waals surface area contributed by atoms with Gasteiger partial charge in [0.1, 0.15) is 12.7 Å². The summed E-state index contributed by atoms with van der Waals surface area (Å²) >= 11 is 0. The fourth-order valence-corrected chi connectivity index (χ4v) is 2.93. The quantitative estimate of drug-likeness (QED) is 0.604. The average Bonchev–Trinajstić information content (AvgIpc) is 3.05. The molecule has 1 aromatic heterocycles. The smallest absolute Gasteiger partial charge is 0.449 e. The number of fused-ring (bicyclic) bond motifs is 1. The second kappa shape index (κ2) is 8.12. The lowest BCUT2D eigenvalue weighted by molar-refractivity contribution is -0.147. The number of aliphatic hydroxyl groups excluding tert-OH is 1. The summed E-state index contributed by atoms with van der Waals surface area (Å²) in [5.41, 5.74) is 0.881. The number of hydrogen-bond donors (Lipinski definition) is 1. The number of methoxy groups -OCH3 is 1. The number of ether oxygens (including phenoxy) is 2. The number of rotatable bonds is 7. The van der Waals surface area contributed by atoms with Gasteiger partial charge in [0, 0.05) is 5.56 Å². The highest BCUT2D eigenvalue weighted by Crippen LogP contribution is 2.32. The van der Waals surface area contributed by atoms with Gasteiger partial charge in [0.25, 0.3) is 0 Å². The molecule has 9 heteroatoms. The van der Waals surface area contributed by atoms with Gasteiger partial charge in [-0.05, 0) is 37.3 Å². The fourth-order valence-electron chi connectivity index (χ4n) is 2.93. The summed E-state index contributed by atoms with van der Waals surface area (Å²) < 4.78 is 51.7. The van der Waals surface area contributed by atoms with E-state index in [-0.39, 0.29) is 41.5 Å². The zero-order valence-electron chi connectivity index (χ0n) is 15.7. The Labute approximate surface area is 164 Å². The van der Waals surface area contributed by atoms with Crippen molar-refractivity contribution in [2.24, 2.45) is 0 Å². The Hall–Kier alpha value is -3.07. The molecule has 0 aliphatic rings. The number of carbonyl (C=O) groups is 1. The van der Waals surface area contributed by atoms with Crippen molar-refractivity contribution in [2.75, 3.05) is 13.7 Å². The molecular weight excluding hydrogens is 389 g/mol. The number of halogens is 3. The molecule has 0 bridgehead atoms. The summed E-state index contributed by atoms with van der Waals surface area (Å²) in [6.45, 7) is 0.773. The summed E-state index contributed by atoms with van der Waals surface area (Å²) in [5.74, 6) is -0.681. The Bertz CT molecular complexity index is 1030. The van der Waals surface area contributed by atoms with Crippen LogP contribution in [0, 0.1) is 0 Å². The van der Waals surface area contributed by atoms with Crippen molar-refractivity contribution >= 4 is 16.8 Å². The number of imidazole rings is 1. The van der Waals surface area contributed by atoms with Crippen LogP contribution < -0.4 is 9.47 Å². The molecule has 3 rings (SSSR count). The van der Waals surface area contributed by atoms with Crippen LogP contribution in [0.5, 0.6) is 11.5 Å². The van der Waals surface area contributed by atoms with Crippen molar-refractivity contribution < 1.29 is 32.5 Å². The Morgan fingerprint density at radius 2 is 1.93 bits per heavy atom. The van der Waals surface area contributed by atoms with E-state index in [1.165, 1.54) is 44.4 Å². The highest BCUT2D eigenvalue weighted by molar-refractivity contribution is 5.94. The van der Waals surface area contributed by atoms with Gasteiger partial charge in [0.05, 0.1) is 24.7 Å². The number of Topliss-reactive ketones (excluding diaryl/α,β-unsaturated/α-hetero) is 1. The first-order valence-corrected chi connectivity index (χ1v) is 8.73. The van der Waals surface area contributed by atoms with Crippen molar-refractivity contribution in [1.82, 2.24) is 9.55 Å². The molecule has 154 valence electrons. The van der Waals surface area contributed by atoms with Crippen LogP contribution in [0.4, 0.5) is 13.2 Å². The minimum absolute atomic E-state index is 0.151. The van der Waals surface area contributed by atoms with Crippen molar-refractivity contribution in [1.29, 1.82) is 0 Å². The minimum atomic E-state index is -4.66. The summed E-state index contributed by atoms with van der Waals surface area (Å²) in [5, 5.41) is 10.3. The van der Waals surface area contributed by atoms with Crippen LogP contribution in [-0.2, 0) is 12.7 Å². The van der Waals surface area contributed by atoms with Gasteiger partial charge in [0.2, 0.25) is 5.82 Å². The molecule has 0 aliphatic heterocycles. The summed E-state index contributed by atoms with van der Waals surface area (Å²) in [4.78, 5) is 15.1. The van der Waals surface area contributed by atoms with Gasteiger partial charge < -0.3 is 19.1 Å². The van der Waals surface area contributed by atoms with E-state index < -0.39 is 18.1 Å². The van der Waals surface area contributed by atoms with Gasteiger partial charge in [-0.1, -0.05) is 12.1 Å². The van der Waals surface area contributed by atoms with Gasteiger partial charge in [-0.25, -0.2) is 4.98 Å². The molecule has 1 N–H and O–H groups in total. The van der Waals surface area contributed by atoms with Crippen molar-refractivity contribution in [3.8, 4) is 11.5 Å². The molecular formula is C20H19F3N2O4. The fraction of sp³-hybridized carbons (Fsp3) is 0.300. The molecule has 0 spiro atoms. The van der Waals surface area contributed by atoms with E-state index in [0.717, 1.165) is 4.57 Å². The van der Waals surface area contributed by atoms with Crippen LogP contribution in [0.3, 0.4) is 0 Å². The normalized spacial score (nSPS) is 12.8. The lowest BCUT2D eigenvalue weighted by Crippen LogP contribution is -2.26. The molecule has 0 fully saturated rings. The van der Waals surface area contributed by atoms with E-state index >= 15 is 0 Å². The number of nitrogens with zero attached hydrogens (tertiary/aromatic N) is 2. The Morgan fingerprint density at radius 3 is 2.59 bits per heavy atom. The van der Waals surface area contributed by atoms with Crippen molar-refractivity contribution in [3.63, 3.8) is 0 Å². The van der Waals surface area contributed by atoms with E-state index in [1.54, 1.807) is 12.1 Å². The summed E-state index contributed by atoms with van der Waals surface area (Å²) in [6, 6.07) is 10.7. The van der Waals surface area contributed by atoms with Crippen LogP contribution in [0.2, 0.25) is 0 Å². The maximum Gasteiger partial charge on any atom is 0.449 e. The molecule has 3 aromatic rings. The summed E-state index contributed by atoms with van der Waals surface area (Å²) in [7, 11) is 1.40. The van der Waals surface area contributed by atoms with Gasteiger partial charge in [-0.15, -0.1) is 0 Å². The van der Waals surface area contributed by atoms with E-state index in [9.17, 15) is 23.1 Å². The first-order chi connectivity index (χ1) is 13.7. The molecule has 29 heavy (non-hydrogen) atoms. The molecule has 2 aromatic carbocycles. The van der Waals surface area contributed by atoms with Gasteiger partial charge in [0.15, 0.2) is 17.3 Å². The minimum Gasteiger partial charge on any atom is -0.493 e. The van der Waals surface area contributed by atoms with Gasteiger partial charge in [-0.3, -0.25) is 4.79 Å². The standard InChI is InChI=1S/C20H19F3N2O4/c1-12(26)13-7-8-17(18(9-13)28-2)29-11-14(27)10-25-16-6-4-3-5-15(16)24-19(25)20(21,22)23/h3-9,14,27H,10-11H2,1-2H3/t14-/m0/s1. The van der Waals surface area contributed by atoms with Crippen LogP contribution in [0.1, 0.15) is 23.1 Å². The van der Waals surface area contributed by atoms with E-state index in [1.807, 2.05) is 0 Å². The highest BCUT2D eigenvalue weighted by atomic mass is 19.4. The molecule has 6 nitrogen and oxygen atoms in total.